The van der Waals surface area contributed by atoms with Gasteiger partial charge in [-0.05, 0) is 52.7 Å². The lowest BCUT2D eigenvalue weighted by atomic mass is 10.2. The molecule has 0 bridgehead atoms. The van der Waals surface area contributed by atoms with E-state index in [-0.39, 0.29) is 12.4 Å². The summed E-state index contributed by atoms with van der Waals surface area (Å²) < 4.78 is 24.5. The van der Waals surface area contributed by atoms with Crippen LogP contribution in [-0.2, 0) is 13.2 Å². The van der Waals surface area contributed by atoms with Crippen molar-refractivity contribution in [1.82, 2.24) is 0 Å². The van der Waals surface area contributed by atoms with Gasteiger partial charge >= 0.3 is 0 Å². The Labute approximate surface area is 113 Å². The van der Waals surface area contributed by atoms with Crippen molar-refractivity contribution in [2.24, 2.45) is 5.73 Å². The van der Waals surface area contributed by atoms with Crippen LogP contribution in [0.3, 0.4) is 0 Å². The quantitative estimate of drug-likeness (QED) is 0.939. The minimum absolute atomic E-state index is 0.283. The molecule has 0 aliphatic rings. The van der Waals surface area contributed by atoms with Crippen LogP contribution < -0.4 is 10.5 Å². The highest BCUT2D eigenvalue weighted by Gasteiger charge is 2.08. The first kappa shape index (κ1) is 13.1. The van der Waals surface area contributed by atoms with Crippen LogP contribution in [0.1, 0.15) is 17.1 Å². The van der Waals surface area contributed by atoms with Crippen LogP contribution in [0.25, 0.3) is 0 Å². The summed E-state index contributed by atoms with van der Waals surface area (Å²) in [5, 5.41) is 0. The van der Waals surface area contributed by atoms with E-state index in [0.29, 0.717) is 22.5 Å². The van der Waals surface area contributed by atoms with E-state index in [0.717, 1.165) is 11.3 Å². The van der Waals surface area contributed by atoms with Crippen molar-refractivity contribution in [1.29, 1.82) is 0 Å². The lowest BCUT2D eigenvalue weighted by Gasteiger charge is -2.06. The summed E-state index contributed by atoms with van der Waals surface area (Å²) >= 11 is 3.24. The molecule has 96 valence electrons. The standard InChI is InChI=1S/C13H13BrFNO2/c1-8-4-10(18-13(8)6-16)7-17-12-3-2-9(15)5-11(12)14/h2-5H,6-7,16H2,1H3. The maximum atomic E-state index is 12.9. The predicted molar refractivity (Wildman–Crippen MR) is 69.8 cm³/mol. The van der Waals surface area contributed by atoms with E-state index in [1.54, 1.807) is 6.07 Å². The number of aryl methyl sites for hydroxylation is 1. The van der Waals surface area contributed by atoms with Crippen molar-refractivity contribution >= 4 is 15.9 Å². The summed E-state index contributed by atoms with van der Waals surface area (Å²) in [6.07, 6.45) is 0. The molecule has 2 aromatic rings. The highest BCUT2D eigenvalue weighted by atomic mass is 79.9. The second-order valence-corrected chi connectivity index (χ2v) is 4.74. The van der Waals surface area contributed by atoms with Gasteiger partial charge in [0.2, 0.25) is 0 Å². The van der Waals surface area contributed by atoms with Crippen LogP contribution in [0.15, 0.2) is 33.2 Å². The molecule has 0 aliphatic heterocycles. The summed E-state index contributed by atoms with van der Waals surface area (Å²) in [6, 6.07) is 6.16. The number of halogens is 2. The molecule has 2 rings (SSSR count). The van der Waals surface area contributed by atoms with E-state index in [2.05, 4.69) is 15.9 Å². The average Bonchev–Trinajstić information content (AvgIpc) is 2.69. The topological polar surface area (TPSA) is 48.4 Å². The summed E-state index contributed by atoms with van der Waals surface area (Å²) in [6.45, 7) is 2.58. The van der Waals surface area contributed by atoms with Gasteiger partial charge in [-0.25, -0.2) is 4.39 Å². The highest BCUT2D eigenvalue weighted by Crippen LogP contribution is 2.26. The Hall–Kier alpha value is -1.33. The van der Waals surface area contributed by atoms with Gasteiger partial charge < -0.3 is 14.9 Å². The van der Waals surface area contributed by atoms with Gasteiger partial charge in [0.1, 0.15) is 29.7 Å². The van der Waals surface area contributed by atoms with Gasteiger partial charge in [0, 0.05) is 0 Å². The van der Waals surface area contributed by atoms with Crippen LogP contribution in [0.2, 0.25) is 0 Å². The van der Waals surface area contributed by atoms with E-state index in [9.17, 15) is 4.39 Å². The average molecular weight is 314 g/mol. The van der Waals surface area contributed by atoms with E-state index in [1.165, 1.54) is 12.1 Å². The van der Waals surface area contributed by atoms with Crippen LogP contribution in [0, 0.1) is 12.7 Å². The Morgan fingerprint density at radius 2 is 2.17 bits per heavy atom. The summed E-state index contributed by atoms with van der Waals surface area (Å²) in [4.78, 5) is 0. The molecule has 18 heavy (non-hydrogen) atoms. The Morgan fingerprint density at radius 1 is 1.39 bits per heavy atom. The molecule has 0 unspecified atom stereocenters. The molecule has 1 heterocycles. The third-order valence-corrected chi connectivity index (χ3v) is 3.14. The molecule has 0 fully saturated rings. The molecule has 5 heteroatoms. The van der Waals surface area contributed by atoms with Crippen molar-refractivity contribution in [3.63, 3.8) is 0 Å². The molecule has 1 aromatic heterocycles. The van der Waals surface area contributed by atoms with E-state index >= 15 is 0 Å². The van der Waals surface area contributed by atoms with Crippen molar-refractivity contribution in [3.05, 3.63) is 51.6 Å². The number of hydrogen-bond acceptors (Lipinski definition) is 3. The molecule has 0 saturated carbocycles. The second-order valence-electron chi connectivity index (χ2n) is 3.89. The Kier molecular flexibility index (Phi) is 4.04. The zero-order valence-electron chi connectivity index (χ0n) is 9.87. The molecule has 0 aliphatic carbocycles. The fraction of sp³-hybridized carbons (Fsp3) is 0.231. The molecular formula is C13H13BrFNO2. The Morgan fingerprint density at radius 3 is 2.78 bits per heavy atom. The first-order valence-corrected chi connectivity index (χ1v) is 6.25. The van der Waals surface area contributed by atoms with Crippen LogP contribution >= 0.6 is 15.9 Å². The highest BCUT2D eigenvalue weighted by molar-refractivity contribution is 9.10. The zero-order chi connectivity index (χ0) is 13.1. The fourth-order valence-corrected chi connectivity index (χ4v) is 2.07. The van der Waals surface area contributed by atoms with Gasteiger partial charge in [0.05, 0.1) is 11.0 Å². The van der Waals surface area contributed by atoms with Gasteiger partial charge in [-0.1, -0.05) is 0 Å². The summed E-state index contributed by atoms with van der Waals surface area (Å²) in [5.41, 5.74) is 6.54. The lowest BCUT2D eigenvalue weighted by molar-refractivity contribution is 0.264. The molecule has 0 saturated heterocycles. The minimum atomic E-state index is -0.312. The monoisotopic (exact) mass is 313 g/mol. The van der Waals surface area contributed by atoms with Crippen molar-refractivity contribution in [2.45, 2.75) is 20.1 Å². The maximum absolute atomic E-state index is 12.9. The van der Waals surface area contributed by atoms with E-state index in [4.69, 9.17) is 14.9 Å². The number of benzene rings is 1. The van der Waals surface area contributed by atoms with Gasteiger partial charge in [-0.3, -0.25) is 0 Å². The second kappa shape index (κ2) is 5.54. The number of ether oxygens (including phenoxy) is 1. The number of furan rings is 1. The van der Waals surface area contributed by atoms with Crippen molar-refractivity contribution in [3.8, 4) is 5.75 Å². The smallest absolute Gasteiger partial charge is 0.146 e. The summed E-state index contributed by atoms with van der Waals surface area (Å²) in [7, 11) is 0. The molecule has 3 nitrogen and oxygen atoms in total. The van der Waals surface area contributed by atoms with Gasteiger partial charge in [0.15, 0.2) is 0 Å². The predicted octanol–water partition coefficient (Wildman–Crippen LogP) is 3.53. The summed E-state index contributed by atoms with van der Waals surface area (Å²) in [5.74, 6) is 1.71. The first-order valence-electron chi connectivity index (χ1n) is 5.46. The molecule has 1 aromatic carbocycles. The first-order chi connectivity index (χ1) is 8.60. The third kappa shape index (κ3) is 2.91. The van der Waals surface area contributed by atoms with Crippen molar-refractivity contribution in [2.75, 3.05) is 0 Å². The Balaban J connectivity index is 2.06. The maximum Gasteiger partial charge on any atom is 0.146 e. The van der Waals surface area contributed by atoms with E-state index < -0.39 is 0 Å². The lowest BCUT2D eigenvalue weighted by Crippen LogP contribution is -1.96. The number of hydrogen-bond donors (Lipinski definition) is 1. The molecule has 0 spiro atoms. The number of rotatable bonds is 4. The fourth-order valence-electron chi connectivity index (χ4n) is 1.61. The molecule has 0 atom stereocenters. The molecule has 2 N–H and O–H groups in total. The van der Waals surface area contributed by atoms with Crippen LogP contribution in [0.5, 0.6) is 5.75 Å². The van der Waals surface area contributed by atoms with Crippen LogP contribution in [0.4, 0.5) is 4.39 Å². The molecule has 0 amide bonds. The normalized spacial score (nSPS) is 10.7. The van der Waals surface area contributed by atoms with Gasteiger partial charge in [0.25, 0.3) is 0 Å². The number of nitrogens with two attached hydrogens (primary N) is 1. The third-order valence-electron chi connectivity index (χ3n) is 2.52. The molecule has 0 radical (unpaired) electrons. The van der Waals surface area contributed by atoms with Gasteiger partial charge in [-0.2, -0.15) is 0 Å². The van der Waals surface area contributed by atoms with Gasteiger partial charge in [-0.15, -0.1) is 0 Å². The largest absolute Gasteiger partial charge is 0.484 e. The minimum Gasteiger partial charge on any atom is -0.484 e. The SMILES string of the molecule is Cc1cc(COc2ccc(F)cc2Br)oc1CN. The Bertz CT molecular complexity index is 554. The van der Waals surface area contributed by atoms with Crippen LogP contribution in [-0.4, -0.2) is 0 Å². The van der Waals surface area contributed by atoms with Crippen molar-refractivity contribution < 1.29 is 13.5 Å². The van der Waals surface area contributed by atoms with E-state index in [1.807, 2.05) is 13.0 Å². The zero-order valence-corrected chi connectivity index (χ0v) is 11.5. The molecular weight excluding hydrogens is 301 g/mol.